The molecule has 0 spiro atoms. The Kier molecular flexibility index (Phi) is 8.12. The molecular formula is C26H32F3N5O4. The average molecular weight is 536 g/mol. The van der Waals surface area contributed by atoms with E-state index in [9.17, 15) is 22.8 Å². The van der Waals surface area contributed by atoms with Gasteiger partial charge in [-0.25, -0.2) is 0 Å². The third-order valence-corrected chi connectivity index (χ3v) is 7.45. The zero-order valence-corrected chi connectivity index (χ0v) is 21.0. The molecule has 0 aromatic carbocycles. The number of nitrogens with zero attached hydrogens (tertiary/aromatic N) is 4. The number of hydrogen-bond donors (Lipinski definition) is 1. The van der Waals surface area contributed by atoms with Gasteiger partial charge < -0.3 is 19.4 Å². The van der Waals surface area contributed by atoms with Crippen LogP contribution in [-0.2, 0) is 40.1 Å². The fraction of sp³-hybridized carbons (Fsp3) is 0.577. The van der Waals surface area contributed by atoms with Crippen LogP contribution in [0, 0.1) is 0 Å². The highest BCUT2D eigenvalue weighted by atomic mass is 19.4. The number of fused-ring (bicyclic) bond motifs is 1. The van der Waals surface area contributed by atoms with E-state index >= 15 is 0 Å². The minimum absolute atomic E-state index is 0.0190. The van der Waals surface area contributed by atoms with Crippen LogP contribution in [0.3, 0.4) is 0 Å². The van der Waals surface area contributed by atoms with Crippen molar-refractivity contribution in [3.8, 4) is 0 Å². The number of alkyl halides is 3. The molecule has 5 heterocycles. The Morgan fingerprint density at radius 2 is 1.97 bits per heavy atom. The van der Waals surface area contributed by atoms with Crippen molar-refractivity contribution >= 4 is 5.91 Å². The Morgan fingerprint density at radius 3 is 2.71 bits per heavy atom. The molecule has 3 aliphatic heterocycles. The lowest BCUT2D eigenvalue weighted by Crippen LogP contribution is -2.49. The number of ether oxygens (including phenoxy) is 2. The van der Waals surface area contributed by atoms with Gasteiger partial charge in [-0.2, -0.15) is 13.2 Å². The van der Waals surface area contributed by atoms with Gasteiger partial charge in [0.05, 0.1) is 36.6 Å². The molecule has 2 saturated heterocycles. The van der Waals surface area contributed by atoms with Crippen LogP contribution in [0.25, 0.3) is 0 Å². The van der Waals surface area contributed by atoms with Gasteiger partial charge in [0.15, 0.2) is 0 Å². The summed E-state index contributed by atoms with van der Waals surface area (Å²) < 4.78 is 52.6. The predicted molar refractivity (Wildman–Crippen MR) is 131 cm³/mol. The molecule has 9 nitrogen and oxygen atoms in total. The number of rotatable bonds is 7. The molecule has 12 heteroatoms. The normalized spacial score (nSPS) is 23.3. The lowest BCUT2D eigenvalue weighted by molar-refractivity contribution is -0.138. The van der Waals surface area contributed by atoms with Crippen LogP contribution in [0.2, 0.25) is 0 Å². The number of pyridine rings is 2. The fourth-order valence-corrected chi connectivity index (χ4v) is 5.48. The van der Waals surface area contributed by atoms with Gasteiger partial charge in [0.25, 0.3) is 5.56 Å². The SMILES string of the molecule is O=C(CN1CCn2c(cc(C(F)(F)F)cc2=O)C1)NC1CN(C2CCOCC2)C[C@@H]1OCc1ccccn1. The van der Waals surface area contributed by atoms with Gasteiger partial charge in [0.1, 0.15) is 0 Å². The highest BCUT2D eigenvalue weighted by molar-refractivity contribution is 5.78. The van der Waals surface area contributed by atoms with Gasteiger partial charge in [-0.1, -0.05) is 6.07 Å². The molecule has 2 aromatic heterocycles. The van der Waals surface area contributed by atoms with Crippen molar-refractivity contribution in [2.45, 2.75) is 56.9 Å². The summed E-state index contributed by atoms with van der Waals surface area (Å²) in [7, 11) is 0. The van der Waals surface area contributed by atoms with Crippen molar-refractivity contribution in [2.75, 3.05) is 39.4 Å². The summed E-state index contributed by atoms with van der Waals surface area (Å²) in [5, 5.41) is 3.11. The topological polar surface area (TPSA) is 88.9 Å². The summed E-state index contributed by atoms with van der Waals surface area (Å²) in [5.74, 6) is -0.224. The number of halogens is 3. The summed E-state index contributed by atoms with van der Waals surface area (Å²) in [6.45, 7) is 3.83. The molecule has 0 saturated carbocycles. The molecule has 0 radical (unpaired) electrons. The van der Waals surface area contributed by atoms with Gasteiger partial charge >= 0.3 is 6.18 Å². The molecule has 2 atom stereocenters. The Hall–Kier alpha value is -2.80. The molecule has 2 fully saturated rings. The first-order valence-corrected chi connectivity index (χ1v) is 12.9. The number of nitrogens with one attached hydrogen (secondary N) is 1. The zero-order valence-electron chi connectivity index (χ0n) is 21.0. The third kappa shape index (κ3) is 6.42. The van der Waals surface area contributed by atoms with E-state index in [0.29, 0.717) is 51.6 Å². The fourth-order valence-electron chi connectivity index (χ4n) is 5.48. The average Bonchev–Trinajstić information content (AvgIpc) is 3.30. The van der Waals surface area contributed by atoms with Gasteiger partial charge in [0, 0.05) is 69.9 Å². The van der Waals surface area contributed by atoms with Gasteiger partial charge in [-0.05, 0) is 31.0 Å². The minimum atomic E-state index is -4.60. The van der Waals surface area contributed by atoms with E-state index in [4.69, 9.17) is 9.47 Å². The molecule has 206 valence electrons. The standard InChI is InChI=1S/C26H32F3N5O4/c27-26(28,29)18-11-21-13-32(7-8-34(21)25(36)12-18)16-24(35)31-22-14-33(20-4-9-37-10-5-20)15-23(22)38-17-19-3-1-2-6-30-19/h1-3,6,11-12,20,22-23H,4-5,7-10,13-17H2,(H,31,35)/t22?,23-/m0/s1. The molecule has 0 bridgehead atoms. The van der Waals surface area contributed by atoms with Gasteiger partial charge in [0.2, 0.25) is 5.91 Å². The molecule has 1 amide bonds. The van der Waals surface area contributed by atoms with Crippen LogP contribution >= 0.6 is 0 Å². The van der Waals surface area contributed by atoms with Crippen LogP contribution in [-0.4, -0.2) is 82.8 Å². The summed E-state index contributed by atoms with van der Waals surface area (Å²) in [6, 6.07) is 7.39. The molecule has 1 N–H and O–H groups in total. The number of likely N-dealkylation sites (tertiary alicyclic amines) is 1. The minimum Gasteiger partial charge on any atom is -0.381 e. The molecule has 0 aliphatic carbocycles. The first-order valence-electron chi connectivity index (χ1n) is 12.9. The number of amides is 1. The number of carbonyl (C=O) groups is 1. The van der Waals surface area contributed by atoms with Crippen LogP contribution in [0.5, 0.6) is 0 Å². The Balaban J connectivity index is 1.22. The van der Waals surface area contributed by atoms with Gasteiger partial charge in [-0.15, -0.1) is 0 Å². The molecule has 3 aliphatic rings. The number of hydrogen-bond acceptors (Lipinski definition) is 7. The highest BCUT2D eigenvalue weighted by Gasteiger charge is 2.38. The van der Waals surface area contributed by atoms with Crippen LogP contribution in [0.4, 0.5) is 13.2 Å². The van der Waals surface area contributed by atoms with Crippen LogP contribution < -0.4 is 10.9 Å². The first kappa shape index (κ1) is 26.8. The van der Waals surface area contributed by atoms with Crippen molar-refractivity contribution in [3.63, 3.8) is 0 Å². The van der Waals surface area contributed by atoms with Crippen molar-refractivity contribution in [1.82, 2.24) is 24.7 Å². The molecule has 2 aromatic rings. The molecule has 5 rings (SSSR count). The number of carbonyl (C=O) groups excluding carboxylic acids is 1. The second kappa shape index (κ2) is 11.5. The molecule has 1 unspecified atom stereocenters. The second-order valence-corrected chi connectivity index (χ2v) is 10.1. The summed E-state index contributed by atoms with van der Waals surface area (Å²) in [5.41, 5.74) is -0.576. The van der Waals surface area contributed by atoms with E-state index < -0.39 is 17.3 Å². The van der Waals surface area contributed by atoms with Crippen molar-refractivity contribution in [1.29, 1.82) is 0 Å². The predicted octanol–water partition coefficient (Wildman–Crippen LogP) is 1.64. The van der Waals surface area contributed by atoms with Gasteiger partial charge in [-0.3, -0.25) is 24.4 Å². The Bertz CT molecular complexity index is 1170. The summed E-state index contributed by atoms with van der Waals surface area (Å²) >= 11 is 0. The van der Waals surface area contributed by atoms with E-state index in [-0.39, 0.29) is 43.4 Å². The van der Waals surface area contributed by atoms with E-state index in [1.54, 1.807) is 11.1 Å². The van der Waals surface area contributed by atoms with E-state index in [2.05, 4.69) is 15.2 Å². The van der Waals surface area contributed by atoms with Crippen LogP contribution in [0.15, 0.2) is 41.3 Å². The summed E-state index contributed by atoms with van der Waals surface area (Å²) in [6.07, 6.45) is -1.25. The Labute approximate surface area is 218 Å². The van der Waals surface area contributed by atoms with E-state index in [1.165, 1.54) is 4.57 Å². The van der Waals surface area contributed by atoms with Crippen molar-refractivity contribution in [3.05, 3.63) is 63.8 Å². The molecule has 38 heavy (non-hydrogen) atoms. The Morgan fingerprint density at radius 1 is 1.16 bits per heavy atom. The second-order valence-electron chi connectivity index (χ2n) is 10.1. The quantitative estimate of drug-likeness (QED) is 0.577. The summed E-state index contributed by atoms with van der Waals surface area (Å²) in [4.78, 5) is 33.7. The highest BCUT2D eigenvalue weighted by Crippen LogP contribution is 2.29. The lowest BCUT2D eigenvalue weighted by Gasteiger charge is -2.31. The maximum Gasteiger partial charge on any atom is 0.416 e. The number of aromatic nitrogens is 2. The smallest absolute Gasteiger partial charge is 0.381 e. The van der Waals surface area contributed by atoms with E-state index in [1.807, 2.05) is 18.2 Å². The van der Waals surface area contributed by atoms with Crippen LogP contribution in [0.1, 0.15) is 29.8 Å². The monoisotopic (exact) mass is 535 g/mol. The maximum absolute atomic E-state index is 13.2. The maximum atomic E-state index is 13.2. The van der Waals surface area contributed by atoms with E-state index in [0.717, 1.165) is 24.6 Å². The van der Waals surface area contributed by atoms with Crippen molar-refractivity contribution in [2.24, 2.45) is 0 Å². The van der Waals surface area contributed by atoms with Crippen molar-refractivity contribution < 1.29 is 27.4 Å². The largest absolute Gasteiger partial charge is 0.416 e. The lowest BCUT2D eigenvalue weighted by atomic mass is 10.1. The zero-order chi connectivity index (χ0) is 26.7. The molecular weight excluding hydrogens is 503 g/mol. The third-order valence-electron chi connectivity index (χ3n) is 7.45. The first-order chi connectivity index (χ1) is 18.3.